The topological polar surface area (TPSA) is 16.4 Å². The fourth-order valence-electron chi connectivity index (χ4n) is 7.31. The number of para-hydroxylation sites is 2. The van der Waals surface area contributed by atoms with Gasteiger partial charge in [0.25, 0.3) is 0 Å². The molecule has 2 nitrogen and oxygen atoms in total. The molecule has 7 aromatic carbocycles. The summed E-state index contributed by atoms with van der Waals surface area (Å²) in [5.74, 6) is 0. The van der Waals surface area contributed by atoms with Crippen molar-refractivity contribution in [3.8, 4) is 11.1 Å². The van der Waals surface area contributed by atoms with Crippen molar-refractivity contribution in [1.29, 1.82) is 0 Å². The van der Waals surface area contributed by atoms with Crippen LogP contribution in [0, 0.1) is 0 Å². The summed E-state index contributed by atoms with van der Waals surface area (Å²) in [7, 11) is 0. The van der Waals surface area contributed by atoms with E-state index in [9.17, 15) is 0 Å². The van der Waals surface area contributed by atoms with E-state index < -0.39 is 0 Å². The predicted octanol–water partition coefficient (Wildman–Crippen LogP) is 11.7. The summed E-state index contributed by atoms with van der Waals surface area (Å²) in [6.45, 7) is 4.74. The molecule has 1 aromatic heterocycles. The normalized spacial score (nSPS) is 13.5. The van der Waals surface area contributed by atoms with Crippen LogP contribution in [0.4, 0.5) is 17.1 Å². The first-order chi connectivity index (χ1) is 21.1. The molecule has 0 spiro atoms. The second-order valence-electron chi connectivity index (χ2n) is 12.2. The number of rotatable bonds is 3. The Morgan fingerprint density at radius 3 is 2.09 bits per heavy atom. The summed E-state index contributed by atoms with van der Waals surface area (Å²) >= 11 is 0. The van der Waals surface area contributed by atoms with Crippen LogP contribution < -0.4 is 4.90 Å². The first-order valence-electron chi connectivity index (χ1n) is 14.9. The quantitative estimate of drug-likeness (QED) is 0.203. The molecule has 1 heterocycles. The summed E-state index contributed by atoms with van der Waals surface area (Å²) in [5.41, 5.74) is 10.4. The van der Waals surface area contributed by atoms with Crippen molar-refractivity contribution in [2.45, 2.75) is 19.3 Å². The summed E-state index contributed by atoms with van der Waals surface area (Å²) < 4.78 is 6.31. The molecule has 204 valence electrons. The predicted molar refractivity (Wildman–Crippen MR) is 181 cm³/mol. The minimum Gasteiger partial charge on any atom is -0.456 e. The van der Waals surface area contributed by atoms with E-state index in [-0.39, 0.29) is 5.41 Å². The van der Waals surface area contributed by atoms with E-state index in [1.165, 1.54) is 43.8 Å². The Balaban J connectivity index is 1.27. The van der Waals surface area contributed by atoms with Crippen molar-refractivity contribution in [1.82, 2.24) is 0 Å². The molecule has 0 saturated heterocycles. The highest BCUT2D eigenvalue weighted by Gasteiger charge is 2.36. The van der Waals surface area contributed by atoms with E-state index in [1.54, 1.807) is 0 Å². The molecule has 0 amide bonds. The number of hydrogen-bond donors (Lipinski definition) is 0. The minimum atomic E-state index is -0.150. The fourth-order valence-corrected chi connectivity index (χ4v) is 7.31. The van der Waals surface area contributed by atoms with Gasteiger partial charge in [0.2, 0.25) is 0 Å². The van der Waals surface area contributed by atoms with Crippen molar-refractivity contribution in [3.63, 3.8) is 0 Å². The van der Waals surface area contributed by atoms with Gasteiger partial charge in [0.1, 0.15) is 11.2 Å². The summed E-state index contributed by atoms with van der Waals surface area (Å²) in [6, 6.07) is 50.5. The first kappa shape index (κ1) is 24.3. The van der Waals surface area contributed by atoms with Gasteiger partial charge in [-0.3, -0.25) is 0 Å². The third kappa shape index (κ3) is 3.47. The lowest BCUT2D eigenvalue weighted by atomic mass is 9.81. The van der Waals surface area contributed by atoms with Gasteiger partial charge in [0, 0.05) is 22.2 Å². The van der Waals surface area contributed by atoms with Crippen LogP contribution in [0.5, 0.6) is 0 Å². The van der Waals surface area contributed by atoms with Crippen molar-refractivity contribution in [2.24, 2.45) is 0 Å². The molecule has 0 unspecified atom stereocenters. The molecule has 1 aliphatic carbocycles. The molecule has 0 N–H and O–H groups in total. The second-order valence-corrected chi connectivity index (χ2v) is 12.2. The highest BCUT2D eigenvalue weighted by molar-refractivity contribution is 6.13. The zero-order valence-corrected chi connectivity index (χ0v) is 24.1. The van der Waals surface area contributed by atoms with Crippen LogP contribution in [-0.4, -0.2) is 0 Å². The van der Waals surface area contributed by atoms with Gasteiger partial charge in [-0.15, -0.1) is 0 Å². The molecular formula is C41H29NO. The standard InChI is InChI=1S/C41H29NO/c1-41(2)35-24-29(21-22-31(35)34-23-27-20-19-26-11-6-7-14-30(26)33(27)25-36(34)41)42(28-12-4-3-5-13-28)37-16-10-18-39-40(37)32-15-8-9-17-38(32)43-39/h3-25H,1-2H3. The maximum Gasteiger partial charge on any atom is 0.137 e. The van der Waals surface area contributed by atoms with Gasteiger partial charge < -0.3 is 9.32 Å². The SMILES string of the molecule is CC1(C)c2cc(N(c3ccccc3)c3cccc4oc5ccccc5c34)ccc2-c2cc3ccc4ccccc4c3cc21. The van der Waals surface area contributed by atoms with Crippen molar-refractivity contribution < 1.29 is 4.42 Å². The van der Waals surface area contributed by atoms with Gasteiger partial charge in [0.05, 0.1) is 11.1 Å². The lowest BCUT2D eigenvalue weighted by molar-refractivity contribution is 0.661. The summed E-state index contributed by atoms with van der Waals surface area (Å²) in [5, 5.41) is 7.46. The van der Waals surface area contributed by atoms with E-state index in [1.807, 2.05) is 12.1 Å². The number of anilines is 3. The Morgan fingerprint density at radius 2 is 1.21 bits per heavy atom. The molecular weight excluding hydrogens is 522 g/mol. The Kier molecular flexibility index (Phi) is 4.99. The molecule has 0 saturated carbocycles. The van der Waals surface area contributed by atoms with Gasteiger partial charge in [-0.1, -0.05) is 98.8 Å². The molecule has 9 rings (SSSR count). The molecule has 0 fully saturated rings. The highest BCUT2D eigenvalue weighted by atomic mass is 16.3. The number of nitrogens with zero attached hydrogens (tertiary/aromatic N) is 1. The zero-order valence-electron chi connectivity index (χ0n) is 24.1. The molecule has 8 aromatic rings. The number of fused-ring (bicyclic) bond motifs is 9. The Bertz CT molecular complexity index is 2380. The van der Waals surface area contributed by atoms with Gasteiger partial charge in [-0.2, -0.15) is 0 Å². The number of benzene rings is 7. The van der Waals surface area contributed by atoms with Crippen LogP contribution in [0.3, 0.4) is 0 Å². The number of furan rings is 1. The van der Waals surface area contributed by atoms with Crippen molar-refractivity contribution >= 4 is 60.5 Å². The summed E-state index contributed by atoms with van der Waals surface area (Å²) in [6.07, 6.45) is 0. The molecule has 1 aliphatic rings. The monoisotopic (exact) mass is 551 g/mol. The zero-order chi connectivity index (χ0) is 28.7. The van der Waals surface area contributed by atoms with Crippen LogP contribution in [0.2, 0.25) is 0 Å². The van der Waals surface area contributed by atoms with Gasteiger partial charge in [0.15, 0.2) is 0 Å². The number of hydrogen-bond acceptors (Lipinski definition) is 2. The average molecular weight is 552 g/mol. The Hall–Kier alpha value is -5.34. The molecule has 0 atom stereocenters. The van der Waals surface area contributed by atoms with E-state index in [0.717, 1.165) is 39.0 Å². The average Bonchev–Trinajstić information content (AvgIpc) is 3.53. The minimum absolute atomic E-state index is 0.150. The fraction of sp³-hybridized carbons (Fsp3) is 0.0732. The lowest BCUT2D eigenvalue weighted by Gasteiger charge is -2.28. The molecule has 43 heavy (non-hydrogen) atoms. The van der Waals surface area contributed by atoms with E-state index >= 15 is 0 Å². The van der Waals surface area contributed by atoms with Crippen molar-refractivity contribution in [2.75, 3.05) is 4.90 Å². The van der Waals surface area contributed by atoms with Crippen LogP contribution in [-0.2, 0) is 5.41 Å². The maximum absolute atomic E-state index is 6.31. The lowest BCUT2D eigenvalue weighted by Crippen LogP contribution is -2.16. The van der Waals surface area contributed by atoms with E-state index in [0.29, 0.717) is 0 Å². The smallest absolute Gasteiger partial charge is 0.137 e. The molecule has 0 radical (unpaired) electrons. The largest absolute Gasteiger partial charge is 0.456 e. The van der Waals surface area contributed by atoms with Gasteiger partial charge in [-0.05, 0) is 98.4 Å². The van der Waals surface area contributed by atoms with Crippen LogP contribution >= 0.6 is 0 Å². The van der Waals surface area contributed by atoms with Gasteiger partial charge >= 0.3 is 0 Å². The van der Waals surface area contributed by atoms with Crippen LogP contribution in [0.15, 0.2) is 144 Å². The van der Waals surface area contributed by atoms with Crippen LogP contribution in [0.1, 0.15) is 25.0 Å². The third-order valence-electron chi connectivity index (χ3n) is 9.42. The molecule has 0 aliphatic heterocycles. The van der Waals surface area contributed by atoms with E-state index in [4.69, 9.17) is 4.42 Å². The molecule has 0 bridgehead atoms. The van der Waals surface area contributed by atoms with Crippen molar-refractivity contribution in [3.05, 3.63) is 151 Å². The highest BCUT2D eigenvalue weighted by Crippen LogP contribution is 2.52. The maximum atomic E-state index is 6.31. The molecule has 2 heteroatoms. The van der Waals surface area contributed by atoms with Gasteiger partial charge in [-0.25, -0.2) is 0 Å². The summed E-state index contributed by atoms with van der Waals surface area (Å²) in [4.78, 5) is 2.38. The second kappa shape index (κ2) is 8.83. The first-order valence-corrected chi connectivity index (χ1v) is 14.9. The van der Waals surface area contributed by atoms with E-state index in [2.05, 4.69) is 146 Å². The third-order valence-corrected chi connectivity index (χ3v) is 9.42. The Morgan fingerprint density at radius 1 is 0.488 bits per heavy atom. The van der Waals surface area contributed by atoms with Crippen LogP contribution in [0.25, 0.3) is 54.6 Å². The Labute approximate surface area is 250 Å².